The van der Waals surface area contributed by atoms with E-state index in [-0.39, 0.29) is 29.2 Å². The van der Waals surface area contributed by atoms with Crippen LogP contribution in [0.4, 0.5) is 10.1 Å². The molecule has 2 aromatic carbocycles. The summed E-state index contributed by atoms with van der Waals surface area (Å²) in [6.07, 6.45) is 1.85. The summed E-state index contributed by atoms with van der Waals surface area (Å²) in [5, 5.41) is 16.9. The maximum Gasteiger partial charge on any atom is 0.234 e. The van der Waals surface area contributed by atoms with Crippen LogP contribution < -0.4 is 10.6 Å². The first-order valence-corrected chi connectivity index (χ1v) is 12.3. The summed E-state index contributed by atoms with van der Waals surface area (Å²) in [5.41, 5.74) is 4.27. The van der Waals surface area contributed by atoms with Gasteiger partial charge >= 0.3 is 0 Å². The van der Waals surface area contributed by atoms with Crippen LogP contribution >= 0.6 is 11.8 Å². The fourth-order valence-corrected chi connectivity index (χ4v) is 5.33. The molecule has 174 valence electrons. The standard InChI is InChI=1S/C27H26FN3O2S/c1-16(2)19-6-3-4-7-21(19)30-24(33)15-34-27-20(14-29)25(17-10-12-18(28)13-11-17)26-22(31-27)8-5-9-23(26)32/h3-4,6-7,10-13,16,25,31H,5,8-9,15H2,1-2H3,(H,30,33)/t25-/m0/s1. The first-order chi connectivity index (χ1) is 16.4. The van der Waals surface area contributed by atoms with Gasteiger partial charge in [0.05, 0.1) is 28.3 Å². The Labute approximate surface area is 203 Å². The Morgan fingerprint density at radius 1 is 1.21 bits per heavy atom. The summed E-state index contributed by atoms with van der Waals surface area (Å²) in [5.74, 6) is -0.751. The highest BCUT2D eigenvalue weighted by atomic mass is 32.2. The number of carbonyl (C=O) groups excluding carboxylic acids is 2. The zero-order valence-electron chi connectivity index (χ0n) is 19.2. The fraction of sp³-hybridized carbons (Fsp3) is 0.296. The number of dihydropyridines is 1. The summed E-state index contributed by atoms with van der Waals surface area (Å²) in [6, 6.07) is 15.9. The Hall–Kier alpha value is -3.37. The van der Waals surface area contributed by atoms with E-state index in [0.29, 0.717) is 34.6 Å². The molecule has 0 spiro atoms. The van der Waals surface area contributed by atoms with E-state index < -0.39 is 5.92 Å². The number of hydrogen-bond acceptors (Lipinski definition) is 5. The second-order valence-corrected chi connectivity index (χ2v) is 9.70. The van der Waals surface area contributed by atoms with Gasteiger partial charge in [-0.15, -0.1) is 0 Å². The number of thioether (sulfide) groups is 1. The van der Waals surface area contributed by atoms with E-state index in [1.807, 2.05) is 24.3 Å². The molecule has 0 bridgehead atoms. The van der Waals surface area contributed by atoms with Crippen molar-refractivity contribution in [2.24, 2.45) is 0 Å². The number of nitrogens with zero attached hydrogens (tertiary/aromatic N) is 1. The molecule has 0 fully saturated rings. The Balaban J connectivity index is 1.60. The molecule has 1 heterocycles. The minimum atomic E-state index is -0.568. The van der Waals surface area contributed by atoms with Crippen molar-refractivity contribution in [2.45, 2.75) is 44.9 Å². The van der Waals surface area contributed by atoms with Crippen molar-refractivity contribution >= 4 is 29.1 Å². The molecule has 2 aliphatic rings. The van der Waals surface area contributed by atoms with Gasteiger partial charge in [0.15, 0.2) is 5.78 Å². The quantitative estimate of drug-likeness (QED) is 0.556. The van der Waals surface area contributed by atoms with Crippen LogP contribution in [-0.2, 0) is 9.59 Å². The van der Waals surface area contributed by atoms with Gasteiger partial charge in [0.2, 0.25) is 5.91 Å². The van der Waals surface area contributed by atoms with Crippen molar-refractivity contribution in [2.75, 3.05) is 11.1 Å². The van der Waals surface area contributed by atoms with Gasteiger partial charge in [-0.3, -0.25) is 9.59 Å². The summed E-state index contributed by atoms with van der Waals surface area (Å²) in [4.78, 5) is 25.6. The summed E-state index contributed by atoms with van der Waals surface area (Å²) in [6.45, 7) is 4.14. The van der Waals surface area contributed by atoms with Crippen molar-refractivity contribution in [3.63, 3.8) is 0 Å². The van der Waals surface area contributed by atoms with Crippen molar-refractivity contribution in [1.29, 1.82) is 5.26 Å². The van der Waals surface area contributed by atoms with Gasteiger partial charge in [0.1, 0.15) is 5.82 Å². The number of anilines is 1. The average Bonchev–Trinajstić information content (AvgIpc) is 2.82. The van der Waals surface area contributed by atoms with Crippen LogP contribution in [-0.4, -0.2) is 17.4 Å². The first-order valence-electron chi connectivity index (χ1n) is 11.3. The first kappa shape index (κ1) is 23.8. The molecule has 1 amide bonds. The van der Waals surface area contributed by atoms with E-state index in [1.165, 1.54) is 23.9 Å². The number of ketones is 1. The molecule has 1 aliphatic heterocycles. The molecule has 0 aromatic heterocycles. The maximum absolute atomic E-state index is 13.6. The van der Waals surface area contributed by atoms with Crippen LogP contribution in [0.5, 0.6) is 0 Å². The zero-order valence-corrected chi connectivity index (χ0v) is 20.0. The van der Waals surface area contributed by atoms with Gasteiger partial charge in [-0.25, -0.2) is 4.39 Å². The molecule has 2 aromatic rings. The topological polar surface area (TPSA) is 82.0 Å². The molecule has 0 saturated heterocycles. The lowest BCUT2D eigenvalue weighted by Gasteiger charge is -2.33. The molecule has 0 radical (unpaired) electrons. The summed E-state index contributed by atoms with van der Waals surface area (Å²) >= 11 is 1.24. The third kappa shape index (κ3) is 4.92. The van der Waals surface area contributed by atoms with Crippen LogP contribution in [0, 0.1) is 17.1 Å². The molecular formula is C27H26FN3O2S. The zero-order chi connectivity index (χ0) is 24.2. The van der Waals surface area contributed by atoms with E-state index in [4.69, 9.17) is 0 Å². The fourth-order valence-electron chi connectivity index (χ4n) is 4.46. The number of para-hydroxylation sites is 1. The molecule has 34 heavy (non-hydrogen) atoms. The van der Waals surface area contributed by atoms with E-state index in [0.717, 1.165) is 23.4 Å². The monoisotopic (exact) mass is 475 g/mol. The summed E-state index contributed by atoms with van der Waals surface area (Å²) < 4.78 is 13.6. The number of nitrogens with one attached hydrogen (secondary N) is 2. The molecule has 0 saturated carbocycles. The average molecular weight is 476 g/mol. The van der Waals surface area contributed by atoms with E-state index in [2.05, 4.69) is 30.6 Å². The molecule has 2 N–H and O–H groups in total. The van der Waals surface area contributed by atoms with Gasteiger partial charge in [-0.1, -0.05) is 55.9 Å². The number of carbonyl (C=O) groups is 2. The lowest BCUT2D eigenvalue weighted by Crippen LogP contribution is -2.31. The normalized spacial score (nSPS) is 17.9. The Morgan fingerprint density at radius 2 is 1.94 bits per heavy atom. The van der Waals surface area contributed by atoms with Gasteiger partial charge in [0, 0.05) is 23.4 Å². The van der Waals surface area contributed by atoms with Crippen molar-refractivity contribution in [3.8, 4) is 6.07 Å². The SMILES string of the molecule is CC(C)c1ccccc1NC(=O)CSC1=C(C#N)[C@H](c2ccc(F)cc2)C2=C(CCCC2=O)N1. The number of nitriles is 1. The van der Waals surface area contributed by atoms with Gasteiger partial charge < -0.3 is 10.6 Å². The highest BCUT2D eigenvalue weighted by Crippen LogP contribution is 2.44. The van der Waals surface area contributed by atoms with Crippen LogP contribution in [0.25, 0.3) is 0 Å². The Kier molecular flexibility index (Phi) is 7.18. The summed E-state index contributed by atoms with van der Waals surface area (Å²) in [7, 11) is 0. The minimum Gasteiger partial charge on any atom is -0.352 e. The van der Waals surface area contributed by atoms with Gasteiger partial charge in [-0.05, 0) is 48.1 Å². The number of hydrogen-bond donors (Lipinski definition) is 2. The Morgan fingerprint density at radius 3 is 2.65 bits per heavy atom. The van der Waals surface area contributed by atoms with E-state index in [1.54, 1.807) is 12.1 Å². The van der Waals surface area contributed by atoms with Crippen molar-refractivity contribution in [3.05, 3.63) is 87.3 Å². The highest BCUT2D eigenvalue weighted by molar-refractivity contribution is 8.03. The van der Waals surface area contributed by atoms with Crippen LogP contribution in [0.2, 0.25) is 0 Å². The number of amides is 1. The molecule has 0 unspecified atom stereocenters. The molecule has 1 aliphatic carbocycles. The lowest BCUT2D eigenvalue weighted by atomic mass is 9.77. The predicted octanol–water partition coefficient (Wildman–Crippen LogP) is 5.75. The molecule has 1 atom stereocenters. The smallest absolute Gasteiger partial charge is 0.234 e. The predicted molar refractivity (Wildman–Crippen MR) is 132 cm³/mol. The number of rotatable bonds is 6. The van der Waals surface area contributed by atoms with Gasteiger partial charge in [-0.2, -0.15) is 5.26 Å². The molecule has 7 heteroatoms. The van der Waals surface area contributed by atoms with Crippen LogP contribution in [0.1, 0.15) is 56.1 Å². The largest absolute Gasteiger partial charge is 0.352 e. The molecular weight excluding hydrogens is 449 g/mol. The molecule has 4 rings (SSSR count). The van der Waals surface area contributed by atoms with Crippen molar-refractivity contribution in [1.82, 2.24) is 5.32 Å². The third-order valence-corrected chi connectivity index (χ3v) is 7.09. The van der Waals surface area contributed by atoms with E-state index in [9.17, 15) is 19.2 Å². The minimum absolute atomic E-state index is 0.00269. The third-order valence-electron chi connectivity index (χ3n) is 6.07. The number of halogens is 1. The van der Waals surface area contributed by atoms with Crippen LogP contribution in [0.3, 0.4) is 0 Å². The Bertz CT molecular complexity index is 1230. The number of Topliss-reactive ketones (excluding diaryl/α,β-unsaturated/α-hetero) is 1. The van der Waals surface area contributed by atoms with Crippen LogP contribution in [0.15, 0.2) is 70.4 Å². The second-order valence-electron chi connectivity index (χ2n) is 8.71. The highest BCUT2D eigenvalue weighted by Gasteiger charge is 2.37. The van der Waals surface area contributed by atoms with Crippen molar-refractivity contribution < 1.29 is 14.0 Å². The maximum atomic E-state index is 13.6. The van der Waals surface area contributed by atoms with Gasteiger partial charge in [0.25, 0.3) is 0 Å². The number of benzene rings is 2. The van der Waals surface area contributed by atoms with E-state index >= 15 is 0 Å². The molecule has 5 nitrogen and oxygen atoms in total. The number of allylic oxidation sites excluding steroid dienone is 3. The second kappa shape index (κ2) is 10.3. The lowest BCUT2D eigenvalue weighted by molar-refractivity contribution is -0.116.